The molecule has 1 rings (SSSR count). The molecule has 0 aromatic rings. The Kier molecular flexibility index (Phi) is 5.26. The van der Waals surface area contributed by atoms with Gasteiger partial charge < -0.3 is 10.5 Å². The first-order valence-electron chi connectivity index (χ1n) is 6.90. The zero-order valence-corrected chi connectivity index (χ0v) is 11.5. The first kappa shape index (κ1) is 14.0. The molecule has 0 bridgehead atoms. The SMILES string of the molecule is CCOC(C)(C)C(N)C1CCC(CC)CC1. The quantitative estimate of drug-likeness (QED) is 0.781. The van der Waals surface area contributed by atoms with Crippen molar-refractivity contribution in [3.05, 3.63) is 0 Å². The molecule has 16 heavy (non-hydrogen) atoms. The second-order valence-corrected chi connectivity index (χ2v) is 5.75. The number of hydrogen-bond donors (Lipinski definition) is 1. The van der Waals surface area contributed by atoms with E-state index in [9.17, 15) is 0 Å². The van der Waals surface area contributed by atoms with Gasteiger partial charge >= 0.3 is 0 Å². The second-order valence-electron chi connectivity index (χ2n) is 5.75. The van der Waals surface area contributed by atoms with Gasteiger partial charge in [-0.3, -0.25) is 0 Å². The first-order valence-corrected chi connectivity index (χ1v) is 6.90. The first-order chi connectivity index (χ1) is 7.51. The molecule has 2 heteroatoms. The highest BCUT2D eigenvalue weighted by Crippen LogP contribution is 2.35. The summed E-state index contributed by atoms with van der Waals surface area (Å²) >= 11 is 0. The average Bonchev–Trinajstić information content (AvgIpc) is 2.28. The molecule has 1 aliphatic carbocycles. The van der Waals surface area contributed by atoms with Gasteiger partial charge in [0.2, 0.25) is 0 Å². The highest BCUT2D eigenvalue weighted by molar-refractivity contribution is 4.90. The van der Waals surface area contributed by atoms with Gasteiger partial charge in [-0.2, -0.15) is 0 Å². The maximum atomic E-state index is 6.37. The van der Waals surface area contributed by atoms with Crippen molar-refractivity contribution in [2.75, 3.05) is 6.61 Å². The van der Waals surface area contributed by atoms with Crippen LogP contribution in [0.2, 0.25) is 0 Å². The van der Waals surface area contributed by atoms with Crippen molar-refractivity contribution in [1.82, 2.24) is 0 Å². The van der Waals surface area contributed by atoms with Crippen LogP contribution in [0, 0.1) is 11.8 Å². The minimum absolute atomic E-state index is 0.168. The standard InChI is InChI=1S/C14H29NO/c1-5-11-7-9-12(10-8-11)13(15)14(3,4)16-6-2/h11-13H,5-10,15H2,1-4H3. The Balaban J connectivity index is 2.46. The summed E-state index contributed by atoms with van der Waals surface area (Å²) in [5, 5.41) is 0. The third-order valence-electron chi connectivity index (χ3n) is 4.30. The normalized spacial score (nSPS) is 29.1. The molecule has 0 aliphatic heterocycles. The summed E-state index contributed by atoms with van der Waals surface area (Å²) in [4.78, 5) is 0. The highest BCUT2D eigenvalue weighted by Gasteiger charge is 2.35. The van der Waals surface area contributed by atoms with Crippen LogP contribution in [0.1, 0.15) is 59.8 Å². The van der Waals surface area contributed by atoms with Crippen molar-refractivity contribution in [2.45, 2.75) is 71.4 Å². The zero-order valence-electron chi connectivity index (χ0n) is 11.5. The van der Waals surface area contributed by atoms with Crippen LogP contribution >= 0.6 is 0 Å². The maximum Gasteiger partial charge on any atom is 0.0779 e. The van der Waals surface area contributed by atoms with Crippen molar-refractivity contribution >= 4 is 0 Å². The van der Waals surface area contributed by atoms with Crippen LogP contribution < -0.4 is 5.73 Å². The predicted molar refractivity (Wildman–Crippen MR) is 69.4 cm³/mol. The Morgan fingerprint density at radius 3 is 2.19 bits per heavy atom. The lowest BCUT2D eigenvalue weighted by molar-refractivity contribution is -0.0478. The van der Waals surface area contributed by atoms with E-state index in [1.54, 1.807) is 0 Å². The fourth-order valence-corrected chi connectivity index (χ4v) is 2.99. The lowest BCUT2D eigenvalue weighted by atomic mass is 9.74. The monoisotopic (exact) mass is 227 g/mol. The van der Waals surface area contributed by atoms with Gasteiger partial charge in [0.1, 0.15) is 0 Å². The van der Waals surface area contributed by atoms with Crippen LogP contribution in [0.4, 0.5) is 0 Å². The Hall–Kier alpha value is -0.0800. The summed E-state index contributed by atoms with van der Waals surface area (Å²) < 4.78 is 5.77. The van der Waals surface area contributed by atoms with Crippen LogP contribution in [-0.4, -0.2) is 18.2 Å². The van der Waals surface area contributed by atoms with Gasteiger partial charge in [0.05, 0.1) is 5.60 Å². The molecule has 0 aromatic carbocycles. The molecule has 1 atom stereocenters. The van der Waals surface area contributed by atoms with E-state index in [2.05, 4.69) is 20.8 Å². The summed E-state index contributed by atoms with van der Waals surface area (Å²) in [5.74, 6) is 1.60. The topological polar surface area (TPSA) is 35.2 Å². The summed E-state index contributed by atoms with van der Waals surface area (Å²) in [6.07, 6.45) is 6.62. The largest absolute Gasteiger partial charge is 0.374 e. The van der Waals surface area contributed by atoms with Crippen molar-refractivity contribution in [1.29, 1.82) is 0 Å². The molecule has 0 heterocycles. The lowest BCUT2D eigenvalue weighted by Crippen LogP contribution is -2.50. The van der Waals surface area contributed by atoms with Crippen molar-refractivity contribution in [3.8, 4) is 0 Å². The second kappa shape index (κ2) is 6.02. The number of nitrogens with two attached hydrogens (primary N) is 1. The number of rotatable bonds is 5. The Labute approximate surface area is 101 Å². The van der Waals surface area contributed by atoms with Crippen molar-refractivity contribution in [3.63, 3.8) is 0 Å². The summed E-state index contributed by atoms with van der Waals surface area (Å²) in [6, 6.07) is 0.185. The van der Waals surface area contributed by atoms with Crippen LogP contribution in [0.15, 0.2) is 0 Å². The molecule has 2 nitrogen and oxygen atoms in total. The van der Waals surface area contributed by atoms with Gasteiger partial charge in [0.15, 0.2) is 0 Å². The molecule has 1 saturated carbocycles. The molecule has 0 radical (unpaired) electrons. The molecule has 1 unspecified atom stereocenters. The summed E-state index contributed by atoms with van der Waals surface area (Å²) in [7, 11) is 0. The third-order valence-corrected chi connectivity index (χ3v) is 4.30. The molecule has 2 N–H and O–H groups in total. The van der Waals surface area contributed by atoms with E-state index in [1.165, 1.54) is 32.1 Å². The zero-order chi connectivity index (χ0) is 12.2. The van der Waals surface area contributed by atoms with E-state index in [0.717, 1.165) is 12.5 Å². The van der Waals surface area contributed by atoms with E-state index in [1.807, 2.05) is 6.92 Å². The van der Waals surface area contributed by atoms with E-state index in [-0.39, 0.29) is 11.6 Å². The molecule has 0 spiro atoms. The van der Waals surface area contributed by atoms with Crippen LogP contribution in [0.25, 0.3) is 0 Å². The van der Waals surface area contributed by atoms with Crippen LogP contribution in [0.5, 0.6) is 0 Å². The van der Waals surface area contributed by atoms with Gasteiger partial charge in [-0.15, -0.1) is 0 Å². The van der Waals surface area contributed by atoms with Crippen molar-refractivity contribution < 1.29 is 4.74 Å². The molecule has 0 amide bonds. The molecule has 1 fully saturated rings. The van der Waals surface area contributed by atoms with Gasteiger partial charge in [0, 0.05) is 12.6 Å². The highest BCUT2D eigenvalue weighted by atomic mass is 16.5. The van der Waals surface area contributed by atoms with Gasteiger partial charge in [-0.25, -0.2) is 0 Å². The van der Waals surface area contributed by atoms with Gasteiger partial charge in [0.25, 0.3) is 0 Å². The summed E-state index contributed by atoms with van der Waals surface area (Å²) in [5.41, 5.74) is 6.21. The van der Waals surface area contributed by atoms with E-state index >= 15 is 0 Å². The van der Waals surface area contributed by atoms with Gasteiger partial charge in [-0.05, 0) is 45.4 Å². The molecule has 1 aliphatic rings. The maximum absolute atomic E-state index is 6.37. The molecule has 0 saturated heterocycles. The Morgan fingerprint density at radius 1 is 1.19 bits per heavy atom. The predicted octanol–water partition coefficient (Wildman–Crippen LogP) is 3.35. The lowest BCUT2D eigenvalue weighted by Gasteiger charge is -2.40. The van der Waals surface area contributed by atoms with Crippen LogP contribution in [-0.2, 0) is 4.74 Å². The molecule has 96 valence electrons. The van der Waals surface area contributed by atoms with Crippen molar-refractivity contribution in [2.24, 2.45) is 17.6 Å². The Morgan fingerprint density at radius 2 is 1.75 bits per heavy atom. The minimum Gasteiger partial charge on any atom is -0.374 e. The smallest absolute Gasteiger partial charge is 0.0779 e. The molecular formula is C14H29NO. The Bertz CT molecular complexity index is 195. The number of hydrogen-bond acceptors (Lipinski definition) is 2. The minimum atomic E-state index is -0.168. The van der Waals surface area contributed by atoms with Gasteiger partial charge in [-0.1, -0.05) is 26.2 Å². The molecular weight excluding hydrogens is 198 g/mol. The molecule has 0 aromatic heterocycles. The third kappa shape index (κ3) is 3.46. The van der Waals surface area contributed by atoms with E-state index in [4.69, 9.17) is 10.5 Å². The summed E-state index contributed by atoms with van der Waals surface area (Å²) in [6.45, 7) is 9.36. The number of ether oxygens (including phenoxy) is 1. The fraction of sp³-hybridized carbons (Fsp3) is 1.00. The van der Waals surface area contributed by atoms with E-state index in [0.29, 0.717) is 5.92 Å². The average molecular weight is 227 g/mol. The fourth-order valence-electron chi connectivity index (χ4n) is 2.99. The van der Waals surface area contributed by atoms with E-state index < -0.39 is 0 Å². The van der Waals surface area contributed by atoms with Crippen LogP contribution in [0.3, 0.4) is 0 Å².